The maximum Gasteiger partial charge on any atom is 0.232 e. The van der Waals surface area contributed by atoms with Crippen LogP contribution in [0.3, 0.4) is 0 Å². The predicted molar refractivity (Wildman–Crippen MR) is 84.7 cm³/mol. The van der Waals surface area contributed by atoms with Gasteiger partial charge in [-0.15, -0.1) is 11.8 Å². The molecule has 5 nitrogen and oxygen atoms in total. The standard InChI is InChI=1S/C16H19N3O2S/c17-8-12-4-3-7-18-16(12)21-13-9-19(10-13)15(20)11-22-14-5-1-2-6-14/h3-4,7,13-14H,1-2,5-6,9-11H2. The number of ether oxygens (including phenoxy) is 1. The Morgan fingerprint density at radius 3 is 2.95 bits per heavy atom. The Hall–Kier alpha value is -1.74. The van der Waals surface area contributed by atoms with E-state index in [4.69, 9.17) is 10.00 Å². The molecular formula is C16H19N3O2S. The third-order valence-corrected chi connectivity index (χ3v) is 5.47. The average Bonchev–Trinajstić information content (AvgIpc) is 3.02. The van der Waals surface area contributed by atoms with Gasteiger partial charge >= 0.3 is 0 Å². The second-order valence-electron chi connectivity index (χ2n) is 5.72. The van der Waals surface area contributed by atoms with Crippen molar-refractivity contribution in [2.75, 3.05) is 18.8 Å². The highest BCUT2D eigenvalue weighted by Crippen LogP contribution is 2.30. The fraction of sp³-hybridized carbons (Fsp3) is 0.562. The lowest BCUT2D eigenvalue weighted by atomic mass is 10.1. The minimum atomic E-state index is -0.0533. The lowest BCUT2D eigenvalue weighted by Crippen LogP contribution is -2.56. The van der Waals surface area contributed by atoms with Gasteiger partial charge in [-0.2, -0.15) is 5.26 Å². The molecule has 1 saturated carbocycles. The molecule has 1 aromatic rings. The van der Waals surface area contributed by atoms with Crippen molar-refractivity contribution in [3.8, 4) is 11.9 Å². The van der Waals surface area contributed by atoms with Gasteiger partial charge in [0.1, 0.15) is 17.7 Å². The van der Waals surface area contributed by atoms with E-state index in [1.165, 1.54) is 25.7 Å². The van der Waals surface area contributed by atoms with Gasteiger partial charge in [0.2, 0.25) is 11.8 Å². The molecule has 0 bridgehead atoms. The summed E-state index contributed by atoms with van der Waals surface area (Å²) in [6.45, 7) is 1.18. The third kappa shape index (κ3) is 3.53. The molecule has 1 amide bonds. The van der Waals surface area contributed by atoms with E-state index in [9.17, 15) is 4.79 Å². The molecule has 0 atom stereocenters. The molecule has 6 heteroatoms. The zero-order valence-corrected chi connectivity index (χ0v) is 13.2. The summed E-state index contributed by atoms with van der Waals surface area (Å²) in [5.41, 5.74) is 0.434. The van der Waals surface area contributed by atoms with Crippen molar-refractivity contribution in [3.63, 3.8) is 0 Å². The van der Waals surface area contributed by atoms with Crippen LogP contribution in [0.15, 0.2) is 18.3 Å². The van der Waals surface area contributed by atoms with Crippen LogP contribution in [-0.2, 0) is 4.79 Å². The topological polar surface area (TPSA) is 66.2 Å². The smallest absolute Gasteiger partial charge is 0.232 e. The number of rotatable bonds is 5. The van der Waals surface area contributed by atoms with Crippen LogP contribution in [0.2, 0.25) is 0 Å². The summed E-state index contributed by atoms with van der Waals surface area (Å²) >= 11 is 1.79. The molecular weight excluding hydrogens is 298 g/mol. The van der Waals surface area contributed by atoms with Crippen LogP contribution in [0.5, 0.6) is 5.88 Å². The van der Waals surface area contributed by atoms with Gasteiger partial charge in [0.05, 0.1) is 18.8 Å². The molecule has 0 spiro atoms. The Bertz CT molecular complexity index is 575. The highest BCUT2D eigenvalue weighted by molar-refractivity contribution is 8.00. The first-order valence-electron chi connectivity index (χ1n) is 7.67. The maximum absolute atomic E-state index is 12.1. The lowest BCUT2D eigenvalue weighted by molar-refractivity contribution is -0.137. The molecule has 1 saturated heterocycles. The average molecular weight is 317 g/mol. The van der Waals surface area contributed by atoms with Crippen LogP contribution in [0.25, 0.3) is 0 Å². The normalized spacial score (nSPS) is 18.8. The van der Waals surface area contributed by atoms with Gasteiger partial charge in [0.25, 0.3) is 0 Å². The van der Waals surface area contributed by atoms with E-state index < -0.39 is 0 Å². The number of nitrogens with zero attached hydrogens (tertiary/aromatic N) is 3. The number of hydrogen-bond acceptors (Lipinski definition) is 5. The number of hydrogen-bond donors (Lipinski definition) is 0. The quantitative estimate of drug-likeness (QED) is 0.833. The predicted octanol–water partition coefficient (Wildman–Crippen LogP) is 2.22. The zero-order chi connectivity index (χ0) is 15.4. The molecule has 2 aliphatic rings. The van der Waals surface area contributed by atoms with E-state index in [1.807, 2.05) is 4.90 Å². The molecule has 3 rings (SSSR count). The number of thioether (sulfide) groups is 1. The van der Waals surface area contributed by atoms with E-state index in [0.29, 0.717) is 35.5 Å². The first-order chi connectivity index (χ1) is 10.8. The largest absolute Gasteiger partial charge is 0.470 e. The van der Waals surface area contributed by atoms with Gasteiger partial charge in [-0.25, -0.2) is 4.98 Å². The van der Waals surface area contributed by atoms with Crippen LogP contribution in [-0.4, -0.2) is 46.0 Å². The van der Waals surface area contributed by atoms with Crippen LogP contribution in [0.4, 0.5) is 0 Å². The van der Waals surface area contributed by atoms with Crippen molar-refractivity contribution in [2.24, 2.45) is 0 Å². The molecule has 0 N–H and O–H groups in total. The molecule has 0 unspecified atom stereocenters. The molecule has 1 aliphatic heterocycles. The van der Waals surface area contributed by atoms with E-state index in [2.05, 4.69) is 11.1 Å². The second kappa shape index (κ2) is 7.01. The van der Waals surface area contributed by atoms with E-state index in [-0.39, 0.29) is 12.0 Å². The second-order valence-corrected chi connectivity index (χ2v) is 7.01. The monoisotopic (exact) mass is 317 g/mol. The Morgan fingerprint density at radius 2 is 2.23 bits per heavy atom. The number of aromatic nitrogens is 1. The zero-order valence-electron chi connectivity index (χ0n) is 12.4. The van der Waals surface area contributed by atoms with Crippen LogP contribution < -0.4 is 4.74 Å². The summed E-state index contributed by atoms with van der Waals surface area (Å²) in [5, 5.41) is 9.67. The Balaban J connectivity index is 1.41. The van der Waals surface area contributed by atoms with E-state index >= 15 is 0 Å². The van der Waals surface area contributed by atoms with Crippen molar-refractivity contribution >= 4 is 17.7 Å². The highest BCUT2D eigenvalue weighted by Gasteiger charge is 2.33. The maximum atomic E-state index is 12.1. The van der Waals surface area contributed by atoms with Gasteiger partial charge in [0.15, 0.2) is 0 Å². The first-order valence-corrected chi connectivity index (χ1v) is 8.72. The summed E-state index contributed by atoms with van der Waals surface area (Å²) in [5.74, 6) is 1.13. The number of carbonyl (C=O) groups is 1. The van der Waals surface area contributed by atoms with Crippen molar-refractivity contribution in [2.45, 2.75) is 37.0 Å². The molecule has 0 aromatic carbocycles. The molecule has 2 fully saturated rings. The molecule has 1 aromatic heterocycles. The fourth-order valence-corrected chi connectivity index (χ4v) is 4.01. The summed E-state index contributed by atoms with van der Waals surface area (Å²) in [7, 11) is 0. The van der Waals surface area contributed by atoms with E-state index in [0.717, 1.165) is 0 Å². The van der Waals surface area contributed by atoms with Gasteiger partial charge in [-0.05, 0) is 25.0 Å². The SMILES string of the molecule is N#Cc1cccnc1OC1CN(C(=O)CSC2CCCC2)C1. The van der Waals surface area contributed by atoms with Crippen LogP contribution >= 0.6 is 11.8 Å². The van der Waals surface area contributed by atoms with Gasteiger partial charge in [0, 0.05) is 11.4 Å². The van der Waals surface area contributed by atoms with Crippen LogP contribution in [0.1, 0.15) is 31.2 Å². The van der Waals surface area contributed by atoms with E-state index in [1.54, 1.807) is 30.1 Å². The number of carbonyl (C=O) groups excluding carboxylic acids is 1. The Morgan fingerprint density at radius 1 is 1.45 bits per heavy atom. The number of nitriles is 1. The Labute approximate surface area is 134 Å². The van der Waals surface area contributed by atoms with Crippen LogP contribution in [0, 0.1) is 11.3 Å². The van der Waals surface area contributed by atoms with Crippen molar-refractivity contribution in [1.82, 2.24) is 9.88 Å². The molecule has 0 radical (unpaired) electrons. The summed E-state index contributed by atoms with van der Waals surface area (Å²) in [4.78, 5) is 18.0. The summed E-state index contributed by atoms with van der Waals surface area (Å²) in [6.07, 6.45) is 6.66. The number of pyridine rings is 1. The van der Waals surface area contributed by atoms with Gasteiger partial charge in [-0.1, -0.05) is 12.8 Å². The molecule has 1 aliphatic carbocycles. The van der Waals surface area contributed by atoms with Crippen molar-refractivity contribution in [3.05, 3.63) is 23.9 Å². The lowest BCUT2D eigenvalue weighted by Gasteiger charge is -2.38. The molecule has 2 heterocycles. The van der Waals surface area contributed by atoms with Crippen molar-refractivity contribution in [1.29, 1.82) is 5.26 Å². The summed E-state index contributed by atoms with van der Waals surface area (Å²) in [6, 6.07) is 5.46. The number of likely N-dealkylation sites (tertiary alicyclic amines) is 1. The third-order valence-electron chi connectivity index (χ3n) is 4.12. The number of amides is 1. The molecule has 116 valence electrons. The first kappa shape index (κ1) is 15.2. The minimum absolute atomic E-state index is 0.0533. The fourth-order valence-electron chi connectivity index (χ4n) is 2.78. The van der Waals surface area contributed by atoms with Gasteiger partial charge < -0.3 is 9.64 Å². The van der Waals surface area contributed by atoms with Gasteiger partial charge in [-0.3, -0.25) is 4.79 Å². The summed E-state index contributed by atoms with van der Waals surface area (Å²) < 4.78 is 5.70. The minimum Gasteiger partial charge on any atom is -0.470 e. The van der Waals surface area contributed by atoms with Crippen molar-refractivity contribution < 1.29 is 9.53 Å². The Kier molecular flexibility index (Phi) is 4.84. The highest BCUT2D eigenvalue weighted by atomic mass is 32.2. The molecule has 22 heavy (non-hydrogen) atoms.